The van der Waals surface area contributed by atoms with Gasteiger partial charge in [0.1, 0.15) is 0 Å². The number of nitrogens with two attached hydrogens (primary N) is 2. The number of nitrogens with one attached hydrogen (secondary N) is 2. The molecule has 4 aromatic rings. The van der Waals surface area contributed by atoms with Crippen molar-refractivity contribution in [3.63, 3.8) is 0 Å². The van der Waals surface area contributed by atoms with Crippen LogP contribution in [0.5, 0.6) is 0 Å². The molecule has 0 aliphatic rings. The number of hydrogen-bond donors (Lipinski definition) is 4. The maximum absolute atomic E-state index is 6.34. The molecule has 0 aliphatic heterocycles. The number of rotatable bonds is 8. The molecule has 0 saturated heterocycles. The number of fused-ring (bicyclic) bond motifs is 1. The van der Waals surface area contributed by atoms with Crippen LogP contribution in [0.2, 0.25) is 0 Å². The minimum atomic E-state index is -0.0282. The van der Waals surface area contributed by atoms with Gasteiger partial charge in [0.05, 0.1) is 4.88 Å². The zero-order valence-electron chi connectivity index (χ0n) is 16.7. The van der Waals surface area contributed by atoms with E-state index >= 15 is 0 Å². The van der Waals surface area contributed by atoms with Crippen molar-refractivity contribution in [3.05, 3.63) is 71.1 Å². The topological polar surface area (TPSA) is 119 Å². The second-order valence-corrected chi connectivity index (χ2v) is 8.18. The molecule has 0 fully saturated rings. The predicted octanol–water partition coefficient (Wildman–Crippen LogP) is 4.21. The van der Waals surface area contributed by atoms with Gasteiger partial charge in [0, 0.05) is 41.4 Å². The molecule has 3 heterocycles. The molecular formula is C22H24N6OS. The van der Waals surface area contributed by atoms with E-state index in [0.29, 0.717) is 18.1 Å². The maximum atomic E-state index is 6.34. The van der Waals surface area contributed by atoms with Gasteiger partial charge < -0.3 is 26.3 Å². The Bertz CT molecular complexity index is 1200. The van der Waals surface area contributed by atoms with E-state index in [1.165, 1.54) is 22.3 Å². The Labute approximate surface area is 178 Å². The summed E-state index contributed by atoms with van der Waals surface area (Å²) in [5, 5.41) is 9.10. The number of anilines is 2. The zero-order valence-corrected chi connectivity index (χ0v) is 17.5. The van der Waals surface area contributed by atoms with Gasteiger partial charge in [-0.15, -0.1) is 0 Å². The fourth-order valence-electron chi connectivity index (χ4n) is 3.15. The van der Waals surface area contributed by atoms with Crippen LogP contribution < -0.4 is 16.8 Å². The fraction of sp³-hybridized carbons (Fsp3) is 0.182. The van der Waals surface area contributed by atoms with E-state index in [0.717, 1.165) is 33.1 Å². The molecule has 7 nitrogen and oxygen atoms in total. The molecule has 0 bridgehead atoms. The van der Waals surface area contributed by atoms with Crippen molar-refractivity contribution in [2.24, 2.45) is 5.73 Å². The minimum absolute atomic E-state index is 0.0282. The number of para-hydroxylation sites is 1. The molecule has 0 unspecified atom stereocenters. The summed E-state index contributed by atoms with van der Waals surface area (Å²) in [6.45, 7) is 6.59. The van der Waals surface area contributed by atoms with E-state index in [4.69, 9.17) is 16.0 Å². The Kier molecular flexibility index (Phi) is 5.69. The van der Waals surface area contributed by atoms with Crippen LogP contribution in [-0.4, -0.2) is 27.7 Å². The summed E-state index contributed by atoms with van der Waals surface area (Å²) in [5.41, 5.74) is 16.0. The molecule has 6 N–H and O–H groups in total. The summed E-state index contributed by atoms with van der Waals surface area (Å²) in [5.74, 6) is 1.02. The number of hydrogen-bond acceptors (Lipinski definition) is 7. The van der Waals surface area contributed by atoms with Crippen molar-refractivity contribution < 1.29 is 4.52 Å². The molecule has 30 heavy (non-hydrogen) atoms. The van der Waals surface area contributed by atoms with E-state index in [9.17, 15) is 0 Å². The van der Waals surface area contributed by atoms with Gasteiger partial charge in [0.15, 0.2) is 16.7 Å². The number of allylic oxidation sites excluding steroid dienone is 2. The Hall–Kier alpha value is -3.36. The zero-order chi connectivity index (χ0) is 21.1. The third-order valence-electron chi connectivity index (χ3n) is 4.93. The first-order chi connectivity index (χ1) is 14.5. The highest BCUT2D eigenvalue weighted by atomic mass is 32.1. The lowest BCUT2D eigenvalue weighted by Crippen LogP contribution is -2.31. The summed E-state index contributed by atoms with van der Waals surface area (Å²) in [4.78, 5) is 8.68. The van der Waals surface area contributed by atoms with Crippen molar-refractivity contribution in [2.45, 2.75) is 19.4 Å². The average Bonchev–Trinajstić information content (AvgIpc) is 3.46. The number of H-pyrrole nitrogens is 1. The monoisotopic (exact) mass is 420 g/mol. The maximum Gasteiger partial charge on any atom is 0.183 e. The van der Waals surface area contributed by atoms with Crippen LogP contribution in [-0.2, 0) is 6.42 Å². The summed E-state index contributed by atoms with van der Waals surface area (Å²) >= 11 is 1.53. The van der Waals surface area contributed by atoms with E-state index in [2.05, 4.69) is 39.2 Å². The average molecular weight is 421 g/mol. The SMILES string of the molecule is C=C(/C=C\c1onc(N)c1C)c1cnc(NC[C@@H](N)Cc2c[nH]c3ccccc23)s1. The number of aromatic amines is 1. The van der Waals surface area contributed by atoms with Gasteiger partial charge in [-0.1, -0.05) is 47.3 Å². The molecule has 3 aromatic heterocycles. The van der Waals surface area contributed by atoms with Gasteiger partial charge in [-0.3, -0.25) is 0 Å². The number of aromatic nitrogens is 3. The predicted molar refractivity (Wildman–Crippen MR) is 124 cm³/mol. The highest BCUT2D eigenvalue weighted by Gasteiger charge is 2.11. The van der Waals surface area contributed by atoms with Crippen molar-refractivity contribution in [1.29, 1.82) is 0 Å². The second kappa shape index (κ2) is 8.56. The molecule has 8 heteroatoms. The Morgan fingerprint density at radius 2 is 2.23 bits per heavy atom. The molecule has 1 atom stereocenters. The van der Waals surface area contributed by atoms with E-state index in [-0.39, 0.29) is 6.04 Å². The Balaban J connectivity index is 1.33. The normalized spacial score (nSPS) is 12.6. The van der Waals surface area contributed by atoms with Crippen molar-refractivity contribution in [2.75, 3.05) is 17.6 Å². The highest BCUT2D eigenvalue weighted by molar-refractivity contribution is 7.16. The summed E-state index contributed by atoms with van der Waals surface area (Å²) in [6.07, 6.45) is 8.29. The van der Waals surface area contributed by atoms with Gasteiger partial charge in [0.25, 0.3) is 0 Å². The molecule has 0 spiro atoms. The van der Waals surface area contributed by atoms with Crippen LogP contribution in [0.4, 0.5) is 10.9 Å². The summed E-state index contributed by atoms with van der Waals surface area (Å²) in [6, 6.07) is 8.22. The molecule has 0 radical (unpaired) electrons. The number of benzene rings is 1. The van der Waals surface area contributed by atoms with Crippen LogP contribution in [0.25, 0.3) is 22.6 Å². The number of thiazole rings is 1. The molecule has 1 aromatic carbocycles. The lowest BCUT2D eigenvalue weighted by molar-refractivity contribution is 0.415. The lowest BCUT2D eigenvalue weighted by Gasteiger charge is -2.11. The van der Waals surface area contributed by atoms with Crippen molar-refractivity contribution >= 4 is 44.8 Å². The largest absolute Gasteiger partial charge is 0.381 e. The smallest absolute Gasteiger partial charge is 0.183 e. The van der Waals surface area contributed by atoms with Crippen LogP contribution in [0.3, 0.4) is 0 Å². The quantitative estimate of drug-likeness (QED) is 0.317. The summed E-state index contributed by atoms with van der Waals surface area (Å²) < 4.78 is 5.18. The first-order valence-electron chi connectivity index (χ1n) is 9.60. The first-order valence-corrected chi connectivity index (χ1v) is 10.4. The van der Waals surface area contributed by atoms with Crippen molar-refractivity contribution in [1.82, 2.24) is 15.1 Å². The van der Waals surface area contributed by atoms with Crippen LogP contribution >= 0.6 is 11.3 Å². The molecular weight excluding hydrogens is 396 g/mol. The number of nitrogen functional groups attached to an aromatic ring is 1. The van der Waals surface area contributed by atoms with E-state index in [1.54, 1.807) is 6.20 Å². The highest BCUT2D eigenvalue weighted by Crippen LogP contribution is 2.26. The van der Waals surface area contributed by atoms with Crippen LogP contribution in [0, 0.1) is 6.92 Å². The molecule has 154 valence electrons. The Morgan fingerprint density at radius 1 is 1.40 bits per heavy atom. The molecule has 0 aliphatic carbocycles. The second-order valence-electron chi connectivity index (χ2n) is 7.15. The van der Waals surface area contributed by atoms with Gasteiger partial charge in [-0.05, 0) is 36.6 Å². The fourth-order valence-corrected chi connectivity index (χ4v) is 3.93. The standard InChI is InChI=1S/C22H24N6OS/c1-13(7-8-19-14(2)21(24)28-29-19)20-12-27-22(30-20)26-11-16(23)9-15-10-25-18-6-4-3-5-17(15)18/h3-8,10,12,16,25H,1,9,11,23H2,2H3,(H2,24,28)(H,26,27)/b8-7-/t16-/m0/s1. The Morgan fingerprint density at radius 3 is 3.03 bits per heavy atom. The third-order valence-corrected chi connectivity index (χ3v) is 5.96. The lowest BCUT2D eigenvalue weighted by atomic mass is 10.1. The first kappa shape index (κ1) is 19.9. The molecule has 4 rings (SSSR count). The van der Waals surface area contributed by atoms with Gasteiger partial charge in [-0.25, -0.2) is 4.98 Å². The minimum Gasteiger partial charge on any atom is -0.381 e. The van der Waals surface area contributed by atoms with Gasteiger partial charge >= 0.3 is 0 Å². The third kappa shape index (κ3) is 4.29. The molecule has 0 saturated carbocycles. The molecule has 0 amide bonds. The van der Waals surface area contributed by atoms with Gasteiger partial charge in [0.2, 0.25) is 0 Å². The van der Waals surface area contributed by atoms with Crippen LogP contribution in [0.1, 0.15) is 21.8 Å². The van der Waals surface area contributed by atoms with Crippen LogP contribution in [0.15, 0.2) is 53.8 Å². The van der Waals surface area contributed by atoms with E-state index < -0.39 is 0 Å². The van der Waals surface area contributed by atoms with E-state index in [1.807, 2.05) is 37.4 Å². The number of nitrogens with zero attached hydrogens (tertiary/aromatic N) is 2. The van der Waals surface area contributed by atoms with Gasteiger partial charge in [-0.2, -0.15) is 0 Å². The summed E-state index contributed by atoms with van der Waals surface area (Å²) in [7, 11) is 0. The van der Waals surface area contributed by atoms with Crippen molar-refractivity contribution in [3.8, 4) is 0 Å².